The van der Waals surface area contributed by atoms with Crippen molar-refractivity contribution in [1.82, 2.24) is 0 Å². The van der Waals surface area contributed by atoms with E-state index in [1.807, 2.05) is 18.2 Å². The van der Waals surface area contributed by atoms with E-state index < -0.39 is 0 Å². The van der Waals surface area contributed by atoms with Crippen molar-refractivity contribution >= 4 is 21.5 Å². The van der Waals surface area contributed by atoms with Gasteiger partial charge >= 0.3 is 51.4 Å². The Kier molecular flexibility index (Phi) is 3.67. The third kappa shape index (κ3) is 2.17. The molecule has 1 nitrogen and oxygen atoms in total. The number of fused-ring (bicyclic) bond motifs is 2. The predicted octanol–water partition coefficient (Wildman–Crippen LogP) is 0.0706. The molecule has 0 saturated carbocycles. The van der Waals surface area contributed by atoms with Gasteiger partial charge in [-0.1, -0.05) is 42.5 Å². The van der Waals surface area contributed by atoms with Gasteiger partial charge in [-0.2, -0.15) is 0 Å². The number of hydrogen-bond donors (Lipinski definition) is 0. The molecule has 0 spiro atoms. The van der Waals surface area contributed by atoms with E-state index >= 15 is 0 Å². The zero-order chi connectivity index (χ0) is 10.3. The van der Waals surface area contributed by atoms with Crippen LogP contribution in [0.2, 0.25) is 0 Å². The second-order valence-electron chi connectivity index (χ2n) is 3.71. The third-order valence-corrected chi connectivity index (χ3v) is 2.68. The first kappa shape index (κ1) is 12.1. The van der Waals surface area contributed by atoms with Crippen LogP contribution in [0, 0.1) is 0 Å². The smallest absolute Gasteiger partial charge is 0.872 e. The van der Waals surface area contributed by atoms with Gasteiger partial charge in [0.1, 0.15) is 0 Å². The van der Waals surface area contributed by atoms with Gasteiger partial charge in [-0.25, -0.2) is 0 Å². The molecule has 0 aliphatic heterocycles. The van der Waals surface area contributed by atoms with Crippen LogP contribution in [0.25, 0.3) is 21.5 Å². The van der Waals surface area contributed by atoms with Crippen molar-refractivity contribution in [1.29, 1.82) is 0 Å². The van der Waals surface area contributed by atoms with Crippen LogP contribution in [-0.4, -0.2) is 0 Å². The second kappa shape index (κ2) is 4.86. The van der Waals surface area contributed by atoms with Gasteiger partial charge in [0.15, 0.2) is 0 Å². The summed E-state index contributed by atoms with van der Waals surface area (Å²) in [4.78, 5) is 0. The number of rotatable bonds is 0. The molecule has 72 valence electrons. The Morgan fingerprint density at radius 2 is 1.19 bits per heavy atom. The fourth-order valence-corrected chi connectivity index (χ4v) is 1.92. The summed E-state index contributed by atoms with van der Waals surface area (Å²) in [6.45, 7) is 0. The summed E-state index contributed by atoms with van der Waals surface area (Å²) in [5.74, 6) is 0.0674. The molecule has 2 heteroatoms. The summed E-state index contributed by atoms with van der Waals surface area (Å²) in [6, 6.07) is 17.5. The number of hydrogen-bond acceptors (Lipinski definition) is 1. The molecule has 0 aromatic heterocycles. The average Bonchev–Trinajstić information content (AvgIpc) is 2.26. The SMILES string of the molecule is [K+].[O-]c1ccc2cc3ccccc3cc2c1. The van der Waals surface area contributed by atoms with Crippen LogP contribution in [0.15, 0.2) is 54.6 Å². The quantitative estimate of drug-likeness (QED) is 0.397. The van der Waals surface area contributed by atoms with Crippen molar-refractivity contribution in [3.63, 3.8) is 0 Å². The standard InChI is InChI=1S/C14H10O.K/c15-14-6-5-12-7-10-3-1-2-4-11(10)8-13(12)9-14;/h1-9,15H;/q;+1/p-1. The van der Waals surface area contributed by atoms with Crippen LogP contribution in [0.5, 0.6) is 5.75 Å². The van der Waals surface area contributed by atoms with E-state index in [1.165, 1.54) is 10.8 Å². The van der Waals surface area contributed by atoms with E-state index in [1.54, 1.807) is 12.1 Å². The van der Waals surface area contributed by atoms with Gasteiger partial charge in [-0.3, -0.25) is 0 Å². The fourth-order valence-electron chi connectivity index (χ4n) is 1.92. The molecule has 3 aromatic rings. The van der Waals surface area contributed by atoms with Gasteiger partial charge in [0.25, 0.3) is 0 Å². The molecule has 3 aromatic carbocycles. The van der Waals surface area contributed by atoms with Gasteiger partial charge in [-0.15, -0.1) is 5.75 Å². The first-order chi connectivity index (χ1) is 7.33. The maximum Gasteiger partial charge on any atom is 1.00 e. The topological polar surface area (TPSA) is 23.1 Å². The summed E-state index contributed by atoms with van der Waals surface area (Å²) in [6.07, 6.45) is 0. The van der Waals surface area contributed by atoms with Gasteiger partial charge in [-0.05, 0) is 33.7 Å². The summed E-state index contributed by atoms with van der Waals surface area (Å²) < 4.78 is 0. The van der Waals surface area contributed by atoms with E-state index in [2.05, 4.69) is 24.3 Å². The fraction of sp³-hybridized carbons (Fsp3) is 0. The average molecular weight is 232 g/mol. The number of benzene rings is 3. The van der Waals surface area contributed by atoms with Crippen molar-refractivity contribution in [2.45, 2.75) is 0 Å². The Morgan fingerprint density at radius 3 is 1.88 bits per heavy atom. The van der Waals surface area contributed by atoms with Crippen LogP contribution < -0.4 is 56.5 Å². The Balaban J connectivity index is 0.000000963. The minimum absolute atomic E-state index is 0. The molecular formula is C14H9KO. The second-order valence-corrected chi connectivity index (χ2v) is 3.71. The Labute approximate surface area is 137 Å². The van der Waals surface area contributed by atoms with Crippen molar-refractivity contribution in [2.75, 3.05) is 0 Å². The van der Waals surface area contributed by atoms with Gasteiger partial charge in [0.2, 0.25) is 0 Å². The van der Waals surface area contributed by atoms with Crippen molar-refractivity contribution < 1.29 is 56.5 Å². The summed E-state index contributed by atoms with van der Waals surface area (Å²) >= 11 is 0. The van der Waals surface area contributed by atoms with E-state index in [0.717, 1.165) is 10.8 Å². The molecule has 0 fully saturated rings. The molecule has 0 bridgehead atoms. The van der Waals surface area contributed by atoms with E-state index in [0.29, 0.717) is 0 Å². The molecule has 0 aliphatic carbocycles. The van der Waals surface area contributed by atoms with Gasteiger partial charge in [0.05, 0.1) is 0 Å². The molecule has 0 unspecified atom stereocenters. The van der Waals surface area contributed by atoms with Crippen LogP contribution in [0.3, 0.4) is 0 Å². The van der Waals surface area contributed by atoms with Gasteiger partial charge < -0.3 is 5.11 Å². The van der Waals surface area contributed by atoms with E-state index in [-0.39, 0.29) is 57.1 Å². The van der Waals surface area contributed by atoms with Crippen LogP contribution in [0.1, 0.15) is 0 Å². The minimum atomic E-state index is 0. The molecule has 0 atom stereocenters. The largest absolute Gasteiger partial charge is 1.00 e. The molecule has 16 heavy (non-hydrogen) atoms. The normalized spacial score (nSPS) is 10.2. The van der Waals surface area contributed by atoms with Crippen molar-refractivity contribution in [3.05, 3.63) is 54.6 Å². The summed E-state index contributed by atoms with van der Waals surface area (Å²) in [5.41, 5.74) is 0. The Morgan fingerprint density at radius 1 is 0.625 bits per heavy atom. The predicted molar refractivity (Wildman–Crippen MR) is 60.9 cm³/mol. The molecule has 0 N–H and O–H groups in total. The molecular weight excluding hydrogens is 223 g/mol. The first-order valence-electron chi connectivity index (χ1n) is 4.92. The third-order valence-electron chi connectivity index (χ3n) is 2.68. The summed E-state index contributed by atoms with van der Waals surface area (Å²) in [5, 5.41) is 15.7. The van der Waals surface area contributed by atoms with Crippen molar-refractivity contribution in [3.8, 4) is 5.75 Å². The van der Waals surface area contributed by atoms with Gasteiger partial charge in [0, 0.05) is 0 Å². The maximum absolute atomic E-state index is 11.2. The maximum atomic E-state index is 11.2. The van der Waals surface area contributed by atoms with Crippen LogP contribution in [0.4, 0.5) is 0 Å². The first-order valence-corrected chi connectivity index (χ1v) is 4.92. The zero-order valence-electron chi connectivity index (χ0n) is 9.10. The van der Waals surface area contributed by atoms with E-state index in [9.17, 15) is 5.11 Å². The molecule has 0 aliphatic rings. The monoisotopic (exact) mass is 232 g/mol. The minimum Gasteiger partial charge on any atom is -0.872 e. The van der Waals surface area contributed by atoms with Crippen LogP contribution >= 0.6 is 0 Å². The molecule has 0 radical (unpaired) electrons. The Bertz CT molecular complexity index is 646. The molecule has 0 heterocycles. The van der Waals surface area contributed by atoms with Crippen LogP contribution in [-0.2, 0) is 0 Å². The Hall–Kier alpha value is -0.384. The van der Waals surface area contributed by atoms with E-state index in [4.69, 9.17) is 0 Å². The van der Waals surface area contributed by atoms with Crippen molar-refractivity contribution in [2.24, 2.45) is 0 Å². The molecule has 3 rings (SSSR count). The zero-order valence-corrected chi connectivity index (χ0v) is 12.2. The summed E-state index contributed by atoms with van der Waals surface area (Å²) in [7, 11) is 0. The molecule has 0 amide bonds. The molecule has 0 saturated heterocycles.